The molecule has 0 aromatic heterocycles. The number of quaternary nitrogens is 1. The highest BCUT2D eigenvalue weighted by molar-refractivity contribution is 7.47. The van der Waals surface area contributed by atoms with E-state index in [0.29, 0.717) is 24.1 Å². The highest BCUT2D eigenvalue weighted by Gasteiger charge is 2.26. The second-order valence-electron chi connectivity index (χ2n) is 19.6. The number of unbranched alkanes of at least 4 members (excludes halogenated alkanes) is 33. The van der Waals surface area contributed by atoms with Crippen molar-refractivity contribution in [3.05, 3.63) is 24.3 Å². The van der Waals surface area contributed by atoms with Gasteiger partial charge in [0.05, 0.1) is 34.4 Å². The van der Waals surface area contributed by atoms with Gasteiger partial charge < -0.3 is 18.9 Å². The maximum absolute atomic E-state index is 12.8. The summed E-state index contributed by atoms with van der Waals surface area (Å²) in [6, 6.07) is 0. The van der Waals surface area contributed by atoms with Crippen molar-refractivity contribution in [1.29, 1.82) is 0 Å². The fourth-order valence-electron chi connectivity index (χ4n) is 7.78. The van der Waals surface area contributed by atoms with Gasteiger partial charge in [-0.3, -0.25) is 13.8 Å². The van der Waals surface area contributed by atoms with E-state index in [9.17, 15) is 14.3 Å². The van der Waals surface area contributed by atoms with Gasteiger partial charge in [-0.15, -0.1) is 0 Å². The fourth-order valence-corrected chi connectivity index (χ4v) is 8.52. The molecule has 0 amide bonds. The van der Waals surface area contributed by atoms with Crippen molar-refractivity contribution < 1.29 is 37.3 Å². The zero-order valence-electron chi connectivity index (χ0n) is 42.6. The lowest BCUT2D eigenvalue weighted by Crippen LogP contribution is -2.37. The molecule has 9 heteroatoms. The topological polar surface area (TPSA) is 91.3 Å². The second-order valence-corrected chi connectivity index (χ2v) is 21.1. The molecule has 63 heavy (non-hydrogen) atoms. The summed E-state index contributed by atoms with van der Waals surface area (Å²) < 4.78 is 35.2. The zero-order valence-corrected chi connectivity index (χ0v) is 43.5. The molecule has 0 fully saturated rings. The molecule has 2 atom stereocenters. The molecule has 0 aliphatic carbocycles. The van der Waals surface area contributed by atoms with Crippen LogP contribution in [0.15, 0.2) is 24.3 Å². The number of hydrogen-bond donors (Lipinski definition) is 1. The van der Waals surface area contributed by atoms with Crippen LogP contribution < -0.4 is 0 Å². The number of carbonyl (C=O) groups excluding carboxylic acids is 1. The van der Waals surface area contributed by atoms with E-state index in [1.807, 2.05) is 21.1 Å². The van der Waals surface area contributed by atoms with Crippen LogP contribution in [0, 0.1) is 0 Å². The minimum atomic E-state index is -4.28. The average Bonchev–Trinajstić information content (AvgIpc) is 3.24. The smallest absolute Gasteiger partial charge is 0.457 e. The Balaban J connectivity index is 4.09. The van der Waals surface area contributed by atoms with Gasteiger partial charge in [0, 0.05) is 13.0 Å². The molecular formula is C54H107NO7P+. The van der Waals surface area contributed by atoms with E-state index < -0.39 is 13.9 Å². The van der Waals surface area contributed by atoms with Gasteiger partial charge in [0.25, 0.3) is 0 Å². The van der Waals surface area contributed by atoms with Crippen LogP contribution in [0.5, 0.6) is 0 Å². The number of phosphoric acid groups is 1. The van der Waals surface area contributed by atoms with Gasteiger partial charge in [-0.05, 0) is 64.2 Å². The van der Waals surface area contributed by atoms with Crippen molar-refractivity contribution in [2.75, 3.05) is 54.1 Å². The van der Waals surface area contributed by atoms with Crippen LogP contribution in [0.1, 0.15) is 258 Å². The number of carbonyl (C=O) groups is 1. The summed E-state index contributed by atoms with van der Waals surface area (Å²) in [4.78, 5) is 23.0. The lowest BCUT2D eigenvalue weighted by Gasteiger charge is -2.24. The van der Waals surface area contributed by atoms with E-state index in [1.165, 1.54) is 205 Å². The number of allylic oxidation sites excluding steroid dienone is 4. The zero-order chi connectivity index (χ0) is 46.2. The van der Waals surface area contributed by atoms with Crippen molar-refractivity contribution in [1.82, 2.24) is 0 Å². The molecule has 0 saturated heterocycles. The molecule has 0 spiro atoms. The molecule has 374 valence electrons. The van der Waals surface area contributed by atoms with E-state index in [4.69, 9.17) is 18.5 Å². The monoisotopic (exact) mass is 913 g/mol. The van der Waals surface area contributed by atoms with Crippen LogP contribution in [-0.2, 0) is 27.9 Å². The average molecular weight is 913 g/mol. The van der Waals surface area contributed by atoms with Crippen LogP contribution in [0.25, 0.3) is 0 Å². The Morgan fingerprint density at radius 1 is 0.476 bits per heavy atom. The Labute approximate surface area is 392 Å². The Hall–Kier alpha value is -1.02. The molecule has 0 rings (SSSR count). The first-order valence-corrected chi connectivity index (χ1v) is 28.6. The Bertz CT molecular complexity index is 1060. The predicted molar refractivity (Wildman–Crippen MR) is 270 cm³/mol. The van der Waals surface area contributed by atoms with Gasteiger partial charge in [-0.1, -0.05) is 212 Å². The number of hydrogen-bond acceptors (Lipinski definition) is 6. The summed E-state index contributed by atoms with van der Waals surface area (Å²) in [5.41, 5.74) is 0. The second kappa shape index (κ2) is 47.5. The SMILES string of the molecule is CCCCCCCC/C=C\CCCCCCCCCCOCC(COP(=O)(O)OCC[N+](C)(C)C)OC(=O)CCCCCCCCCCCCC/C=C\CCCCCCCCCC. The lowest BCUT2D eigenvalue weighted by atomic mass is 10.0. The quantitative estimate of drug-likeness (QED) is 0.0214. The van der Waals surface area contributed by atoms with E-state index >= 15 is 0 Å². The predicted octanol–water partition coefficient (Wildman–Crippen LogP) is 16.7. The van der Waals surface area contributed by atoms with Crippen molar-refractivity contribution in [2.24, 2.45) is 0 Å². The van der Waals surface area contributed by atoms with Gasteiger partial charge >= 0.3 is 13.8 Å². The first kappa shape index (κ1) is 62.0. The van der Waals surface area contributed by atoms with Crippen LogP contribution in [-0.4, -0.2) is 75.6 Å². The van der Waals surface area contributed by atoms with Crippen LogP contribution in [0.4, 0.5) is 0 Å². The first-order chi connectivity index (χ1) is 30.6. The van der Waals surface area contributed by atoms with E-state index in [1.54, 1.807) is 0 Å². The van der Waals surface area contributed by atoms with Crippen LogP contribution in [0.3, 0.4) is 0 Å². The normalized spacial score (nSPS) is 13.7. The number of likely N-dealkylation sites (N-methyl/N-ethyl adjacent to an activating group) is 1. The Morgan fingerprint density at radius 3 is 1.21 bits per heavy atom. The Morgan fingerprint density at radius 2 is 0.825 bits per heavy atom. The minimum Gasteiger partial charge on any atom is -0.457 e. The van der Waals surface area contributed by atoms with Crippen molar-refractivity contribution in [3.8, 4) is 0 Å². The van der Waals surface area contributed by atoms with Gasteiger partial charge in [0.1, 0.15) is 19.3 Å². The van der Waals surface area contributed by atoms with Gasteiger partial charge in [0.15, 0.2) is 0 Å². The van der Waals surface area contributed by atoms with Crippen LogP contribution >= 0.6 is 7.82 Å². The minimum absolute atomic E-state index is 0.0898. The highest BCUT2D eigenvalue weighted by atomic mass is 31.2. The third kappa shape index (κ3) is 51.8. The van der Waals surface area contributed by atoms with E-state index in [0.717, 1.165) is 32.1 Å². The molecular weight excluding hydrogens is 806 g/mol. The standard InChI is InChI=1S/C54H106NO7P/c1-6-8-10-12-14-16-18-20-22-24-26-27-28-29-30-31-33-35-37-39-41-43-45-47-54(56)62-53(52-61-63(57,58)60-50-48-55(3,4)5)51-59-49-46-44-42-40-38-36-34-32-25-23-21-19-17-15-13-11-9-7-2/h21,23-24,26,53H,6-20,22,25,27-52H2,1-5H3/p+1/b23-21-,26-24-. The Kier molecular flexibility index (Phi) is 46.7. The highest BCUT2D eigenvalue weighted by Crippen LogP contribution is 2.43. The number of nitrogens with zero attached hydrogens (tertiary/aromatic N) is 1. The molecule has 0 heterocycles. The van der Waals surface area contributed by atoms with Crippen molar-refractivity contribution in [2.45, 2.75) is 264 Å². The summed E-state index contributed by atoms with van der Waals surface area (Å²) in [5, 5.41) is 0. The summed E-state index contributed by atoms with van der Waals surface area (Å²) >= 11 is 0. The lowest BCUT2D eigenvalue weighted by molar-refractivity contribution is -0.870. The van der Waals surface area contributed by atoms with Crippen molar-refractivity contribution >= 4 is 13.8 Å². The third-order valence-corrected chi connectivity index (χ3v) is 13.0. The number of rotatable bonds is 51. The number of ether oxygens (including phenoxy) is 2. The maximum Gasteiger partial charge on any atom is 0.472 e. The molecule has 1 N–H and O–H groups in total. The molecule has 0 saturated carbocycles. The van der Waals surface area contributed by atoms with Gasteiger partial charge in [-0.25, -0.2) is 4.57 Å². The maximum atomic E-state index is 12.8. The first-order valence-electron chi connectivity index (χ1n) is 27.1. The molecule has 0 radical (unpaired) electrons. The fraction of sp³-hybridized carbons (Fsp3) is 0.907. The summed E-state index contributed by atoms with van der Waals surface area (Å²) in [5.74, 6) is -0.311. The molecule has 0 aromatic carbocycles. The van der Waals surface area contributed by atoms with Crippen molar-refractivity contribution in [3.63, 3.8) is 0 Å². The van der Waals surface area contributed by atoms with E-state index in [2.05, 4.69) is 38.2 Å². The largest absolute Gasteiger partial charge is 0.472 e. The molecule has 8 nitrogen and oxygen atoms in total. The van der Waals surface area contributed by atoms with Gasteiger partial charge in [-0.2, -0.15) is 0 Å². The molecule has 0 bridgehead atoms. The molecule has 0 aromatic rings. The third-order valence-electron chi connectivity index (χ3n) is 12.0. The number of esters is 1. The van der Waals surface area contributed by atoms with E-state index in [-0.39, 0.29) is 25.8 Å². The van der Waals surface area contributed by atoms with Gasteiger partial charge in [0.2, 0.25) is 0 Å². The molecule has 0 aliphatic heterocycles. The summed E-state index contributed by atoms with van der Waals surface area (Å²) in [6.45, 7) is 5.66. The summed E-state index contributed by atoms with van der Waals surface area (Å²) in [6.07, 6.45) is 56.5. The molecule has 2 unspecified atom stereocenters. The summed E-state index contributed by atoms with van der Waals surface area (Å²) in [7, 11) is 1.68. The molecule has 0 aliphatic rings. The van der Waals surface area contributed by atoms with Crippen LogP contribution in [0.2, 0.25) is 0 Å². The number of phosphoric ester groups is 1.